The molecule has 96 valence electrons. The summed E-state index contributed by atoms with van der Waals surface area (Å²) in [5.74, 6) is 1.12. The molecule has 3 atom stereocenters. The smallest absolute Gasteiger partial charge is 0.0468 e. The van der Waals surface area contributed by atoms with Crippen molar-refractivity contribution in [3.8, 4) is 0 Å². The summed E-state index contributed by atoms with van der Waals surface area (Å²) in [6.45, 7) is 6.37. The topological polar surface area (TPSA) is 49.5 Å². The molecule has 1 aliphatic carbocycles. The van der Waals surface area contributed by atoms with E-state index in [1.165, 1.54) is 25.7 Å². The van der Waals surface area contributed by atoms with Gasteiger partial charge in [-0.25, -0.2) is 0 Å². The predicted molar refractivity (Wildman–Crippen MR) is 68.3 cm³/mol. The summed E-state index contributed by atoms with van der Waals surface area (Å²) in [5.41, 5.74) is 6.20. The molecule has 0 heterocycles. The monoisotopic (exact) mass is 228 g/mol. The number of rotatable bonds is 5. The van der Waals surface area contributed by atoms with Crippen LogP contribution in [0.4, 0.5) is 0 Å². The normalized spacial score (nSPS) is 33.0. The highest BCUT2D eigenvalue weighted by Crippen LogP contribution is 2.35. The van der Waals surface area contributed by atoms with E-state index < -0.39 is 0 Å². The number of aliphatic hydroxyl groups excluding tert-OH is 1. The molecule has 0 aromatic carbocycles. The Morgan fingerprint density at radius 1 is 1.56 bits per heavy atom. The Morgan fingerprint density at radius 3 is 2.75 bits per heavy atom. The van der Waals surface area contributed by atoms with Gasteiger partial charge in [-0.3, -0.25) is 4.90 Å². The Balaban J connectivity index is 2.63. The van der Waals surface area contributed by atoms with E-state index in [1.54, 1.807) is 0 Å². The first-order chi connectivity index (χ1) is 7.54. The van der Waals surface area contributed by atoms with Crippen LogP contribution in [0.25, 0.3) is 0 Å². The fourth-order valence-electron chi connectivity index (χ4n) is 3.04. The van der Waals surface area contributed by atoms with E-state index in [2.05, 4.69) is 25.8 Å². The molecule has 0 radical (unpaired) electrons. The van der Waals surface area contributed by atoms with Crippen LogP contribution < -0.4 is 5.73 Å². The molecule has 3 N–H and O–H groups in total. The zero-order valence-electron chi connectivity index (χ0n) is 11.1. The minimum atomic E-state index is 0.182. The summed E-state index contributed by atoms with van der Waals surface area (Å²) >= 11 is 0. The summed E-state index contributed by atoms with van der Waals surface area (Å²) in [6, 6.07) is 0. The van der Waals surface area contributed by atoms with E-state index in [4.69, 9.17) is 10.8 Å². The van der Waals surface area contributed by atoms with E-state index in [9.17, 15) is 0 Å². The third-order valence-corrected chi connectivity index (χ3v) is 4.15. The molecule has 3 nitrogen and oxygen atoms in total. The molecule has 3 unspecified atom stereocenters. The molecule has 1 fully saturated rings. The van der Waals surface area contributed by atoms with Crippen molar-refractivity contribution in [3.63, 3.8) is 0 Å². The maximum Gasteiger partial charge on any atom is 0.0468 e. The number of nitrogens with two attached hydrogens (primary N) is 1. The maximum atomic E-state index is 9.13. The highest BCUT2D eigenvalue weighted by molar-refractivity contribution is 4.95. The third kappa shape index (κ3) is 3.19. The van der Waals surface area contributed by atoms with Crippen molar-refractivity contribution < 1.29 is 5.11 Å². The third-order valence-electron chi connectivity index (χ3n) is 4.15. The maximum absolute atomic E-state index is 9.13. The Morgan fingerprint density at radius 2 is 2.25 bits per heavy atom. The highest BCUT2D eigenvalue weighted by atomic mass is 16.3. The van der Waals surface area contributed by atoms with Crippen LogP contribution in [0.3, 0.4) is 0 Å². The molecule has 0 saturated heterocycles. The van der Waals surface area contributed by atoms with Gasteiger partial charge >= 0.3 is 0 Å². The SMILES string of the molecule is CC(CO)CN(C)C1(CN)CCCC(C)C1. The molecule has 0 aromatic rings. The first kappa shape index (κ1) is 13.9. The molecular weight excluding hydrogens is 200 g/mol. The first-order valence-electron chi connectivity index (χ1n) is 6.56. The van der Waals surface area contributed by atoms with Crippen molar-refractivity contribution in [1.82, 2.24) is 4.90 Å². The van der Waals surface area contributed by atoms with Crippen LogP contribution in [0.2, 0.25) is 0 Å². The minimum absolute atomic E-state index is 0.182. The summed E-state index contributed by atoms with van der Waals surface area (Å²) in [4.78, 5) is 2.39. The zero-order valence-corrected chi connectivity index (χ0v) is 11.1. The second-order valence-electron chi connectivity index (χ2n) is 5.80. The molecule has 0 amide bonds. The van der Waals surface area contributed by atoms with E-state index in [0.29, 0.717) is 5.92 Å². The van der Waals surface area contributed by atoms with Gasteiger partial charge in [0.25, 0.3) is 0 Å². The van der Waals surface area contributed by atoms with Crippen LogP contribution in [0, 0.1) is 11.8 Å². The Kier molecular flexibility index (Phi) is 5.22. The highest BCUT2D eigenvalue weighted by Gasteiger charge is 2.37. The van der Waals surface area contributed by atoms with Gasteiger partial charge < -0.3 is 10.8 Å². The quantitative estimate of drug-likeness (QED) is 0.749. The Labute approximate surface area is 100 Å². The standard InChI is InChI=1S/C13H28N2O/c1-11-5-4-6-13(7-11,10-14)15(3)8-12(2)9-16/h11-12,16H,4-10,14H2,1-3H3. The molecule has 1 rings (SSSR count). The van der Waals surface area contributed by atoms with Gasteiger partial charge in [-0.2, -0.15) is 0 Å². The summed E-state index contributed by atoms with van der Waals surface area (Å²) in [5, 5.41) is 9.13. The average molecular weight is 228 g/mol. The van der Waals surface area contributed by atoms with Gasteiger partial charge in [-0.1, -0.05) is 26.7 Å². The van der Waals surface area contributed by atoms with Gasteiger partial charge in [-0.15, -0.1) is 0 Å². The van der Waals surface area contributed by atoms with Crippen molar-refractivity contribution in [2.24, 2.45) is 17.6 Å². The molecule has 16 heavy (non-hydrogen) atoms. The molecule has 0 aliphatic heterocycles. The zero-order chi connectivity index (χ0) is 12.2. The van der Waals surface area contributed by atoms with Gasteiger partial charge in [-0.05, 0) is 31.7 Å². The number of likely N-dealkylation sites (N-methyl/N-ethyl adjacent to an activating group) is 1. The van der Waals surface area contributed by atoms with Crippen LogP contribution in [-0.2, 0) is 0 Å². The minimum Gasteiger partial charge on any atom is -0.396 e. The molecule has 0 spiro atoms. The second-order valence-corrected chi connectivity index (χ2v) is 5.80. The fourth-order valence-corrected chi connectivity index (χ4v) is 3.04. The van der Waals surface area contributed by atoms with E-state index in [-0.39, 0.29) is 12.1 Å². The molecule has 0 aromatic heterocycles. The number of hydrogen-bond acceptors (Lipinski definition) is 3. The van der Waals surface area contributed by atoms with Crippen molar-refractivity contribution in [2.45, 2.75) is 45.1 Å². The van der Waals surface area contributed by atoms with Gasteiger partial charge in [0, 0.05) is 25.2 Å². The van der Waals surface area contributed by atoms with E-state index in [0.717, 1.165) is 19.0 Å². The summed E-state index contributed by atoms with van der Waals surface area (Å²) in [7, 11) is 2.16. The van der Waals surface area contributed by atoms with Gasteiger partial charge in [0.05, 0.1) is 0 Å². The lowest BCUT2D eigenvalue weighted by Gasteiger charge is -2.47. The second kappa shape index (κ2) is 5.99. The lowest BCUT2D eigenvalue weighted by molar-refractivity contribution is 0.0427. The van der Waals surface area contributed by atoms with Crippen LogP contribution in [0.1, 0.15) is 39.5 Å². The van der Waals surface area contributed by atoms with Crippen molar-refractivity contribution in [2.75, 3.05) is 26.7 Å². The van der Waals surface area contributed by atoms with Crippen molar-refractivity contribution in [1.29, 1.82) is 0 Å². The van der Waals surface area contributed by atoms with Crippen LogP contribution in [0.15, 0.2) is 0 Å². The number of nitrogens with zero attached hydrogens (tertiary/aromatic N) is 1. The largest absolute Gasteiger partial charge is 0.396 e. The fraction of sp³-hybridized carbons (Fsp3) is 1.00. The predicted octanol–water partition coefficient (Wildman–Crippen LogP) is 1.45. The average Bonchev–Trinajstić information content (AvgIpc) is 2.28. The Bertz CT molecular complexity index is 210. The van der Waals surface area contributed by atoms with Crippen molar-refractivity contribution in [3.05, 3.63) is 0 Å². The lowest BCUT2D eigenvalue weighted by atomic mass is 9.75. The van der Waals surface area contributed by atoms with Crippen molar-refractivity contribution >= 4 is 0 Å². The molecule has 3 heteroatoms. The molecule has 0 bridgehead atoms. The molecular formula is C13H28N2O. The number of aliphatic hydroxyl groups is 1. The van der Waals surface area contributed by atoms with Crippen LogP contribution in [0.5, 0.6) is 0 Å². The van der Waals surface area contributed by atoms with Crippen LogP contribution >= 0.6 is 0 Å². The lowest BCUT2D eigenvalue weighted by Crippen LogP contribution is -2.55. The summed E-state index contributed by atoms with van der Waals surface area (Å²) in [6.07, 6.45) is 5.04. The molecule has 1 saturated carbocycles. The van der Waals surface area contributed by atoms with Gasteiger partial charge in [0.2, 0.25) is 0 Å². The Hall–Kier alpha value is -0.120. The van der Waals surface area contributed by atoms with Gasteiger partial charge in [0.15, 0.2) is 0 Å². The van der Waals surface area contributed by atoms with Crippen LogP contribution in [-0.4, -0.2) is 42.3 Å². The molecule has 1 aliphatic rings. The van der Waals surface area contributed by atoms with Gasteiger partial charge in [0.1, 0.15) is 0 Å². The van der Waals surface area contributed by atoms with E-state index in [1.807, 2.05) is 0 Å². The van der Waals surface area contributed by atoms with E-state index >= 15 is 0 Å². The summed E-state index contributed by atoms with van der Waals surface area (Å²) < 4.78 is 0. The number of hydrogen-bond donors (Lipinski definition) is 2. The first-order valence-corrected chi connectivity index (χ1v) is 6.56.